The molecule has 3 N–H and O–H groups in total. The van der Waals surface area contributed by atoms with Crippen molar-refractivity contribution in [1.29, 1.82) is 0 Å². The summed E-state index contributed by atoms with van der Waals surface area (Å²) < 4.78 is 6.65. The van der Waals surface area contributed by atoms with Gasteiger partial charge < -0.3 is 4.74 Å². The number of thiophene rings is 1. The number of carbonyl (C=O) groups excluding carboxylic acids is 1. The van der Waals surface area contributed by atoms with Crippen LogP contribution in [-0.4, -0.2) is 5.91 Å². The number of ether oxygens (including phenoxy) is 1. The Bertz CT molecular complexity index is 571. The lowest BCUT2D eigenvalue weighted by Crippen LogP contribution is -2.30. The van der Waals surface area contributed by atoms with Gasteiger partial charge in [0.1, 0.15) is 0 Å². The highest BCUT2D eigenvalue weighted by Crippen LogP contribution is 2.20. The van der Waals surface area contributed by atoms with E-state index in [-0.39, 0.29) is 5.91 Å². The molecule has 0 bridgehead atoms. The van der Waals surface area contributed by atoms with Gasteiger partial charge in [0.05, 0.1) is 18.1 Å². The van der Waals surface area contributed by atoms with E-state index in [0.717, 1.165) is 15.6 Å². The average molecular weight is 341 g/mol. The summed E-state index contributed by atoms with van der Waals surface area (Å²) >= 11 is 4.82. The van der Waals surface area contributed by atoms with Crippen LogP contribution in [0.4, 0.5) is 0 Å². The van der Waals surface area contributed by atoms with Crippen LogP contribution in [0, 0.1) is 0 Å². The zero-order chi connectivity index (χ0) is 13.7. The van der Waals surface area contributed by atoms with E-state index in [2.05, 4.69) is 21.4 Å². The van der Waals surface area contributed by atoms with E-state index < -0.39 is 0 Å². The first-order valence-corrected chi connectivity index (χ1v) is 7.28. The second-order valence-corrected chi connectivity index (χ2v) is 5.60. The molecule has 0 atom stereocenters. The highest BCUT2D eigenvalue weighted by molar-refractivity contribution is 9.10. The molecule has 4 nitrogen and oxygen atoms in total. The lowest BCUT2D eigenvalue weighted by Gasteiger charge is -2.06. The monoisotopic (exact) mass is 340 g/mol. The van der Waals surface area contributed by atoms with Crippen molar-refractivity contribution in [3.63, 3.8) is 0 Å². The molecule has 2 aromatic rings. The largest absolute Gasteiger partial charge is 0.372 e. The fraction of sp³-hybridized carbons (Fsp3) is 0.154. The van der Waals surface area contributed by atoms with Crippen LogP contribution in [0.15, 0.2) is 40.2 Å². The van der Waals surface area contributed by atoms with Crippen molar-refractivity contribution in [2.24, 2.45) is 5.84 Å². The molecular formula is C13H13BrN2O2S. The van der Waals surface area contributed by atoms with Gasteiger partial charge in [0.15, 0.2) is 0 Å². The lowest BCUT2D eigenvalue weighted by atomic mass is 10.2. The molecule has 0 unspecified atom stereocenters. The molecule has 6 heteroatoms. The molecule has 2 rings (SSSR count). The van der Waals surface area contributed by atoms with Crippen LogP contribution < -0.4 is 11.3 Å². The van der Waals surface area contributed by atoms with E-state index in [1.807, 2.05) is 35.7 Å². The Morgan fingerprint density at radius 2 is 2.00 bits per heavy atom. The van der Waals surface area contributed by atoms with Gasteiger partial charge in [-0.1, -0.05) is 34.1 Å². The minimum Gasteiger partial charge on any atom is -0.372 e. The number of halogens is 1. The number of nitrogens with two attached hydrogens (primary N) is 1. The van der Waals surface area contributed by atoms with Gasteiger partial charge in [0, 0.05) is 10.0 Å². The van der Waals surface area contributed by atoms with Crippen LogP contribution in [-0.2, 0) is 18.0 Å². The molecule has 0 aliphatic carbocycles. The average Bonchev–Trinajstić information content (AvgIpc) is 2.88. The predicted octanol–water partition coefficient (Wildman–Crippen LogP) is 2.83. The third-order valence-corrected chi connectivity index (χ3v) is 4.29. The smallest absolute Gasteiger partial charge is 0.275 e. The van der Waals surface area contributed by atoms with E-state index in [1.165, 1.54) is 11.3 Å². The molecule has 0 radical (unpaired) electrons. The first kappa shape index (κ1) is 14.2. The molecule has 0 spiro atoms. The number of carbonyl (C=O) groups is 1. The molecule has 19 heavy (non-hydrogen) atoms. The Kier molecular flexibility index (Phi) is 5.09. The Morgan fingerprint density at radius 1 is 1.26 bits per heavy atom. The number of hydrogen-bond donors (Lipinski definition) is 2. The first-order valence-electron chi connectivity index (χ1n) is 5.61. The maximum absolute atomic E-state index is 11.5. The van der Waals surface area contributed by atoms with E-state index in [9.17, 15) is 4.79 Å². The molecule has 0 saturated heterocycles. The van der Waals surface area contributed by atoms with Crippen molar-refractivity contribution < 1.29 is 9.53 Å². The molecule has 0 aliphatic heterocycles. The Hall–Kier alpha value is -1.21. The maximum Gasteiger partial charge on any atom is 0.275 e. The van der Waals surface area contributed by atoms with Gasteiger partial charge >= 0.3 is 0 Å². The van der Waals surface area contributed by atoms with E-state index >= 15 is 0 Å². The predicted molar refractivity (Wildman–Crippen MR) is 78.6 cm³/mol. The molecule has 0 saturated carbocycles. The van der Waals surface area contributed by atoms with E-state index in [4.69, 9.17) is 10.6 Å². The molecule has 100 valence electrons. The zero-order valence-corrected chi connectivity index (χ0v) is 12.5. The topological polar surface area (TPSA) is 64.3 Å². The van der Waals surface area contributed by atoms with Crippen LogP contribution in [0.1, 0.15) is 20.8 Å². The summed E-state index contributed by atoms with van der Waals surface area (Å²) in [4.78, 5) is 12.1. The number of rotatable bonds is 5. The first-order chi connectivity index (χ1) is 9.22. The minimum absolute atomic E-state index is 0.283. The van der Waals surface area contributed by atoms with Gasteiger partial charge in [-0.05, 0) is 23.1 Å². The number of hydrogen-bond acceptors (Lipinski definition) is 4. The lowest BCUT2D eigenvalue weighted by molar-refractivity contribution is 0.0933. The highest BCUT2D eigenvalue weighted by atomic mass is 79.9. The molecule has 0 aliphatic rings. The molecule has 1 heterocycles. The number of hydrazine groups is 1. The molecule has 1 aromatic carbocycles. The number of nitrogen functional groups attached to an aromatic ring is 1. The Labute approximate surface area is 123 Å². The maximum atomic E-state index is 11.5. The number of nitrogens with one attached hydrogen (secondary N) is 1. The normalized spacial score (nSPS) is 10.4. The summed E-state index contributed by atoms with van der Waals surface area (Å²) in [7, 11) is 0. The SMILES string of the molecule is NNC(=O)c1sccc1COCc1ccccc1Br. The van der Waals surface area contributed by atoms with Gasteiger partial charge in [0.2, 0.25) is 0 Å². The van der Waals surface area contributed by atoms with Crippen LogP contribution in [0.25, 0.3) is 0 Å². The summed E-state index contributed by atoms with van der Waals surface area (Å²) in [6, 6.07) is 9.74. The molecule has 0 fully saturated rings. The zero-order valence-electron chi connectivity index (χ0n) is 10.1. The highest BCUT2D eigenvalue weighted by Gasteiger charge is 2.11. The quantitative estimate of drug-likeness (QED) is 0.499. The van der Waals surface area contributed by atoms with Crippen LogP contribution >= 0.6 is 27.3 Å². The van der Waals surface area contributed by atoms with Crippen LogP contribution in [0.2, 0.25) is 0 Å². The standard InChI is InChI=1S/C13H13BrN2O2S/c14-11-4-2-1-3-9(11)7-18-8-10-5-6-19-12(10)13(17)16-15/h1-6H,7-8,15H2,(H,16,17). The summed E-state index contributed by atoms with van der Waals surface area (Å²) in [5.74, 6) is 4.85. The van der Waals surface area contributed by atoms with Gasteiger partial charge in [-0.25, -0.2) is 5.84 Å². The summed E-state index contributed by atoms with van der Waals surface area (Å²) in [6.45, 7) is 0.870. The second-order valence-electron chi connectivity index (χ2n) is 3.83. The fourth-order valence-corrected chi connectivity index (χ4v) is 2.81. The Balaban J connectivity index is 1.95. The Morgan fingerprint density at radius 3 is 2.74 bits per heavy atom. The fourth-order valence-electron chi connectivity index (χ4n) is 1.60. The number of benzene rings is 1. The minimum atomic E-state index is -0.283. The van der Waals surface area contributed by atoms with Crippen LogP contribution in [0.5, 0.6) is 0 Å². The third kappa shape index (κ3) is 3.63. The molecular weight excluding hydrogens is 328 g/mol. The summed E-state index contributed by atoms with van der Waals surface area (Å²) in [6.07, 6.45) is 0. The summed E-state index contributed by atoms with van der Waals surface area (Å²) in [5.41, 5.74) is 4.05. The number of amides is 1. The molecule has 1 aromatic heterocycles. The van der Waals surface area contributed by atoms with E-state index in [0.29, 0.717) is 18.1 Å². The third-order valence-electron chi connectivity index (χ3n) is 2.56. The van der Waals surface area contributed by atoms with Crippen molar-refractivity contribution in [3.8, 4) is 0 Å². The summed E-state index contributed by atoms with van der Waals surface area (Å²) in [5, 5.41) is 1.85. The van der Waals surface area contributed by atoms with Crippen molar-refractivity contribution in [2.45, 2.75) is 13.2 Å². The van der Waals surface area contributed by atoms with Gasteiger partial charge in [0.25, 0.3) is 5.91 Å². The van der Waals surface area contributed by atoms with Crippen molar-refractivity contribution in [2.75, 3.05) is 0 Å². The van der Waals surface area contributed by atoms with Crippen LogP contribution in [0.3, 0.4) is 0 Å². The van der Waals surface area contributed by atoms with Gasteiger partial charge in [-0.2, -0.15) is 0 Å². The van der Waals surface area contributed by atoms with Crippen molar-refractivity contribution in [3.05, 3.63) is 56.2 Å². The molecule has 1 amide bonds. The second kappa shape index (κ2) is 6.81. The van der Waals surface area contributed by atoms with Crippen molar-refractivity contribution in [1.82, 2.24) is 5.43 Å². The van der Waals surface area contributed by atoms with Gasteiger partial charge in [-0.3, -0.25) is 10.2 Å². The van der Waals surface area contributed by atoms with Crippen molar-refractivity contribution >= 4 is 33.2 Å². The van der Waals surface area contributed by atoms with E-state index in [1.54, 1.807) is 0 Å². The van der Waals surface area contributed by atoms with Gasteiger partial charge in [-0.15, -0.1) is 11.3 Å².